The number of anilines is 3. The van der Waals surface area contributed by atoms with Crippen molar-refractivity contribution in [3.63, 3.8) is 0 Å². The Balaban J connectivity index is 1.55. The van der Waals surface area contributed by atoms with E-state index in [1.165, 1.54) is 0 Å². The Morgan fingerprint density at radius 2 is 1.81 bits per heavy atom. The summed E-state index contributed by atoms with van der Waals surface area (Å²) in [6.07, 6.45) is -2.26. The SMILES string of the molecule is CN(c1cc2c(cc1C(N)=O)nc(Nc1c(Cl)ccc(CNC(=O)C(C)(C)C)c1Cl)n2C[C@H]1CC[C@H](C(F)(F)F)CC1)C1CCSC1. The first-order valence-electron chi connectivity index (χ1n) is 15.8. The van der Waals surface area contributed by atoms with Crippen molar-refractivity contribution in [3.05, 3.63) is 45.4 Å². The van der Waals surface area contributed by atoms with Crippen molar-refractivity contribution < 1.29 is 22.8 Å². The first-order chi connectivity index (χ1) is 22.0. The molecule has 8 nitrogen and oxygen atoms in total. The van der Waals surface area contributed by atoms with E-state index in [2.05, 4.69) is 15.5 Å². The van der Waals surface area contributed by atoms with Crippen molar-refractivity contribution in [2.24, 2.45) is 23.0 Å². The fourth-order valence-corrected chi connectivity index (χ4v) is 8.08. The predicted molar refractivity (Wildman–Crippen MR) is 185 cm³/mol. The van der Waals surface area contributed by atoms with Gasteiger partial charge in [-0.25, -0.2) is 4.98 Å². The molecular formula is C33H41Cl2F3N6O2S. The lowest BCUT2D eigenvalue weighted by Gasteiger charge is -2.31. The zero-order valence-electron chi connectivity index (χ0n) is 26.9. The van der Waals surface area contributed by atoms with Crippen LogP contribution in [0.25, 0.3) is 11.0 Å². The molecule has 1 saturated heterocycles. The third-order valence-electron chi connectivity index (χ3n) is 9.24. The first-order valence-corrected chi connectivity index (χ1v) is 17.7. The molecule has 2 amide bonds. The number of halogens is 5. The number of carbonyl (C=O) groups excluding carboxylic acids is 2. The van der Waals surface area contributed by atoms with E-state index in [0.29, 0.717) is 68.9 Å². The Morgan fingerprint density at radius 3 is 2.40 bits per heavy atom. The van der Waals surface area contributed by atoms with Crippen LogP contribution in [-0.2, 0) is 17.9 Å². The van der Waals surface area contributed by atoms with E-state index in [0.717, 1.165) is 17.9 Å². The molecule has 14 heteroatoms. The molecule has 1 atom stereocenters. The summed E-state index contributed by atoms with van der Waals surface area (Å²) < 4.78 is 42.3. The average Bonchev–Trinajstić information content (AvgIpc) is 3.65. The number of carbonyl (C=O) groups is 2. The van der Waals surface area contributed by atoms with Crippen molar-refractivity contribution in [1.82, 2.24) is 14.9 Å². The van der Waals surface area contributed by atoms with Crippen molar-refractivity contribution in [2.75, 3.05) is 28.8 Å². The summed E-state index contributed by atoms with van der Waals surface area (Å²) in [5.41, 5.74) is 8.53. The minimum atomic E-state index is -4.20. The number of amides is 2. The zero-order valence-corrected chi connectivity index (χ0v) is 29.3. The zero-order chi connectivity index (χ0) is 34.3. The second kappa shape index (κ2) is 14.0. The maximum Gasteiger partial charge on any atom is 0.391 e. The first kappa shape index (κ1) is 35.5. The number of benzene rings is 2. The van der Waals surface area contributed by atoms with Gasteiger partial charge in [-0.15, -0.1) is 0 Å². The number of nitrogens with one attached hydrogen (secondary N) is 2. The van der Waals surface area contributed by atoms with Gasteiger partial charge in [0.15, 0.2) is 0 Å². The molecule has 1 unspecified atom stereocenters. The summed E-state index contributed by atoms with van der Waals surface area (Å²) in [5, 5.41) is 6.82. The second-order valence-electron chi connectivity index (χ2n) is 13.6. The summed E-state index contributed by atoms with van der Waals surface area (Å²) in [5.74, 6) is 0.287. The van der Waals surface area contributed by atoms with Crippen LogP contribution in [0.2, 0.25) is 10.0 Å². The van der Waals surface area contributed by atoms with Crippen LogP contribution in [0.15, 0.2) is 24.3 Å². The molecule has 0 spiro atoms. The topological polar surface area (TPSA) is 105 Å². The van der Waals surface area contributed by atoms with Crippen LogP contribution in [-0.4, -0.2) is 52.1 Å². The lowest BCUT2D eigenvalue weighted by molar-refractivity contribution is -0.184. The third kappa shape index (κ3) is 7.91. The highest BCUT2D eigenvalue weighted by atomic mass is 35.5. The highest BCUT2D eigenvalue weighted by Gasteiger charge is 2.41. The quantitative estimate of drug-likeness (QED) is 0.207. The molecular weight excluding hydrogens is 672 g/mol. The molecule has 2 aromatic carbocycles. The molecule has 2 fully saturated rings. The number of thioether (sulfide) groups is 1. The van der Waals surface area contributed by atoms with Gasteiger partial charge in [-0.3, -0.25) is 9.59 Å². The average molecular weight is 714 g/mol. The molecule has 0 bridgehead atoms. The fourth-order valence-electron chi connectivity index (χ4n) is 6.28. The van der Waals surface area contributed by atoms with Gasteiger partial charge < -0.3 is 25.8 Å². The van der Waals surface area contributed by atoms with Crippen molar-refractivity contribution in [3.8, 4) is 0 Å². The number of imidazole rings is 1. The van der Waals surface area contributed by atoms with Gasteiger partial charge in [0.1, 0.15) is 0 Å². The Kier molecular flexibility index (Phi) is 10.5. The van der Waals surface area contributed by atoms with E-state index in [1.54, 1.807) is 18.2 Å². The molecule has 256 valence electrons. The van der Waals surface area contributed by atoms with Crippen molar-refractivity contribution >= 4 is 75.1 Å². The summed E-state index contributed by atoms with van der Waals surface area (Å²) >= 11 is 15.4. The van der Waals surface area contributed by atoms with Crippen molar-refractivity contribution in [1.29, 1.82) is 0 Å². The molecule has 47 heavy (non-hydrogen) atoms. The van der Waals surface area contributed by atoms with Crippen LogP contribution in [0.1, 0.15) is 68.8 Å². The highest BCUT2D eigenvalue weighted by Crippen LogP contribution is 2.42. The number of nitrogens with zero attached hydrogens (tertiary/aromatic N) is 3. The van der Waals surface area contributed by atoms with Crippen molar-refractivity contribution in [2.45, 2.75) is 78.2 Å². The normalized spacial score (nSPS) is 20.4. The van der Waals surface area contributed by atoms with Gasteiger partial charge in [0, 0.05) is 37.3 Å². The molecule has 2 heterocycles. The number of nitrogens with two attached hydrogens (primary N) is 1. The Hall–Kier alpha value is -2.83. The van der Waals surface area contributed by atoms with Crippen LogP contribution in [0, 0.1) is 17.3 Å². The Bertz CT molecular complexity index is 1640. The second-order valence-corrected chi connectivity index (χ2v) is 15.5. The summed E-state index contributed by atoms with van der Waals surface area (Å²) in [7, 11) is 1.95. The van der Waals surface area contributed by atoms with Gasteiger partial charge in [-0.2, -0.15) is 24.9 Å². The van der Waals surface area contributed by atoms with Gasteiger partial charge >= 0.3 is 6.18 Å². The maximum atomic E-state index is 13.5. The minimum absolute atomic E-state index is 0.0281. The monoisotopic (exact) mass is 712 g/mol. The molecule has 5 rings (SSSR count). The number of primary amides is 1. The third-order valence-corrected chi connectivity index (χ3v) is 11.1. The molecule has 2 aliphatic rings. The minimum Gasteiger partial charge on any atom is -0.370 e. The Morgan fingerprint density at radius 1 is 1.11 bits per heavy atom. The number of alkyl halides is 3. The molecule has 4 N–H and O–H groups in total. The van der Waals surface area contributed by atoms with Gasteiger partial charge in [-0.1, -0.05) is 50.0 Å². The predicted octanol–water partition coefficient (Wildman–Crippen LogP) is 8.16. The summed E-state index contributed by atoms with van der Waals surface area (Å²) in [6.45, 7) is 6.03. The van der Waals surface area contributed by atoms with Crippen LogP contribution < -0.4 is 21.3 Å². The van der Waals surface area contributed by atoms with E-state index in [-0.39, 0.29) is 37.3 Å². The number of rotatable bonds is 9. The molecule has 3 aromatic rings. The lowest BCUT2D eigenvalue weighted by Crippen LogP contribution is -2.34. The molecule has 1 aliphatic carbocycles. The standard InChI is InChI=1S/C33H41Cl2F3N6O2S/c1-32(2,3)30(46)40-15-19-7-10-23(34)28(27(19)35)42-31-41-24-13-22(29(39)45)25(43(4)21-11-12-47-17-21)14-26(24)44(31)16-18-5-8-20(9-6-18)33(36,37)38/h7,10,13-14,18,20-21H,5-6,8-9,11-12,15-17H2,1-4H3,(H2,39,45)(H,40,46)(H,41,42)/t18-,20-,21?. The van der Waals surface area contributed by atoms with Gasteiger partial charge in [0.2, 0.25) is 11.9 Å². The smallest absolute Gasteiger partial charge is 0.370 e. The van der Waals surface area contributed by atoms with Gasteiger partial charge in [0.25, 0.3) is 5.91 Å². The van der Waals surface area contributed by atoms with E-state index < -0.39 is 23.4 Å². The van der Waals surface area contributed by atoms with E-state index in [4.69, 9.17) is 33.9 Å². The number of hydrogen-bond donors (Lipinski definition) is 3. The number of fused-ring (bicyclic) bond motifs is 1. The lowest BCUT2D eigenvalue weighted by atomic mass is 9.81. The molecule has 0 radical (unpaired) electrons. The van der Waals surface area contributed by atoms with E-state index >= 15 is 0 Å². The summed E-state index contributed by atoms with van der Waals surface area (Å²) in [6, 6.07) is 7.22. The molecule has 1 saturated carbocycles. The Labute approximate surface area is 287 Å². The van der Waals surface area contributed by atoms with Gasteiger partial charge in [0.05, 0.1) is 43.9 Å². The van der Waals surface area contributed by atoms with Gasteiger partial charge in [-0.05, 0) is 67.5 Å². The highest BCUT2D eigenvalue weighted by molar-refractivity contribution is 7.99. The van der Waals surface area contributed by atoms with Crippen LogP contribution in [0.3, 0.4) is 0 Å². The van der Waals surface area contributed by atoms with Crippen LogP contribution in [0.5, 0.6) is 0 Å². The van der Waals surface area contributed by atoms with E-state index in [9.17, 15) is 22.8 Å². The largest absolute Gasteiger partial charge is 0.391 e. The summed E-state index contributed by atoms with van der Waals surface area (Å²) in [4.78, 5) is 32.1. The fraction of sp³-hybridized carbons (Fsp3) is 0.545. The number of aromatic nitrogens is 2. The number of hydrogen-bond acceptors (Lipinski definition) is 6. The maximum absolute atomic E-state index is 13.5. The molecule has 1 aliphatic heterocycles. The van der Waals surface area contributed by atoms with Crippen LogP contribution >= 0.6 is 35.0 Å². The van der Waals surface area contributed by atoms with E-state index in [1.807, 2.05) is 50.2 Å². The molecule has 1 aromatic heterocycles. The van der Waals surface area contributed by atoms with Crippen LogP contribution in [0.4, 0.5) is 30.5 Å².